The summed E-state index contributed by atoms with van der Waals surface area (Å²) in [7, 11) is 3.00. The Morgan fingerprint density at radius 1 is 1.21 bits per heavy atom. The van der Waals surface area contributed by atoms with E-state index in [1.165, 1.54) is 18.9 Å². The fraction of sp³-hybridized carbons (Fsp3) is 0.250. The van der Waals surface area contributed by atoms with Crippen LogP contribution in [0.25, 0.3) is 21.5 Å². The maximum absolute atomic E-state index is 11.4. The van der Waals surface area contributed by atoms with Crippen LogP contribution in [0.3, 0.4) is 0 Å². The lowest BCUT2D eigenvalue weighted by atomic mass is 10.1. The van der Waals surface area contributed by atoms with E-state index in [0.717, 1.165) is 32.2 Å². The molecule has 124 valence electrons. The average molecular weight is 361 g/mol. The summed E-state index contributed by atoms with van der Waals surface area (Å²) in [4.78, 5) is 15.9. The quantitative estimate of drug-likeness (QED) is 0.510. The molecule has 0 atom stereocenters. The third kappa shape index (κ3) is 3.34. The van der Waals surface area contributed by atoms with Gasteiger partial charge in [-0.15, -0.1) is 21.5 Å². The van der Waals surface area contributed by atoms with Crippen molar-refractivity contribution in [2.45, 2.75) is 11.9 Å². The first-order valence-corrected chi connectivity index (χ1v) is 8.90. The van der Waals surface area contributed by atoms with E-state index in [1.807, 2.05) is 31.2 Å². The van der Waals surface area contributed by atoms with Crippen molar-refractivity contribution in [2.24, 2.45) is 0 Å². The standard InChI is InChI=1S/C16H15N3O3S2/c1-9-17-14-15(24-9)13(10-4-6-11(21-2)7-5-10)18-19-16(14)23-8-12(20)22-3/h4-7H,8H2,1-3H3. The molecule has 0 saturated heterocycles. The van der Waals surface area contributed by atoms with Gasteiger partial charge in [-0.05, 0) is 31.2 Å². The second kappa shape index (κ2) is 7.14. The molecule has 1 aromatic carbocycles. The fourth-order valence-corrected chi connectivity index (χ4v) is 3.89. The number of aryl methyl sites for hydroxylation is 1. The van der Waals surface area contributed by atoms with Crippen molar-refractivity contribution in [1.82, 2.24) is 15.2 Å². The van der Waals surface area contributed by atoms with Crippen molar-refractivity contribution >= 4 is 39.3 Å². The van der Waals surface area contributed by atoms with Gasteiger partial charge in [0.15, 0.2) is 0 Å². The first kappa shape index (κ1) is 16.7. The Bertz CT molecular complexity index is 878. The normalized spacial score (nSPS) is 10.8. The minimum Gasteiger partial charge on any atom is -0.497 e. The molecule has 0 aliphatic heterocycles. The lowest BCUT2D eigenvalue weighted by molar-refractivity contribution is -0.137. The Balaban J connectivity index is 2.02. The van der Waals surface area contributed by atoms with Gasteiger partial charge >= 0.3 is 5.97 Å². The summed E-state index contributed by atoms with van der Waals surface area (Å²) in [6.07, 6.45) is 0. The number of carbonyl (C=O) groups is 1. The topological polar surface area (TPSA) is 74.2 Å². The lowest BCUT2D eigenvalue weighted by Crippen LogP contribution is -2.04. The van der Waals surface area contributed by atoms with Crippen molar-refractivity contribution < 1.29 is 14.3 Å². The van der Waals surface area contributed by atoms with Gasteiger partial charge in [-0.3, -0.25) is 4.79 Å². The van der Waals surface area contributed by atoms with E-state index < -0.39 is 0 Å². The molecule has 0 aliphatic rings. The summed E-state index contributed by atoms with van der Waals surface area (Å²) in [6.45, 7) is 1.94. The number of aromatic nitrogens is 3. The highest BCUT2D eigenvalue weighted by atomic mass is 32.2. The van der Waals surface area contributed by atoms with Crippen LogP contribution in [0, 0.1) is 6.92 Å². The van der Waals surface area contributed by atoms with Gasteiger partial charge in [0, 0.05) is 5.56 Å². The molecule has 0 aliphatic carbocycles. The zero-order valence-electron chi connectivity index (χ0n) is 13.4. The number of ether oxygens (including phenoxy) is 2. The molecule has 0 bridgehead atoms. The number of thioether (sulfide) groups is 1. The molecule has 2 heterocycles. The highest BCUT2D eigenvalue weighted by Gasteiger charge is 2.17. The van der Waals surface area contributed by atoms with E-state index >= 15 is 0 Å². The Morgan fingerprint density at radius 3 is 2.62 bits per heavy atom. The Hall–Kier alpha value is -2.19. The zero-order chi connectivity index (χ0) is 17.1. The predicted octanol–water partition coefficient (Wildman–Crippen LogP) is 3.34. The largest absolute Gasteiger partial charge is 0.497 e. The van der Waals surface area contributed by atoms with Gasteiger partial charge in [-0.25, -0.2) is 4.98 Å². The molecule has 6 nitrogen and oxygen atoms in total. The second-order valence-electron chi connectivity index (χ2n) is 4.86. The Morgan fingerprint density at radius 2 is 1.96 bits per heavy atom. The van der Waals surface area contributed by atoms with Crippen molar-refractivity contribution in [2.75, 3.05) is 20.0 Å². The van der Waals surface area contributed by atoms with Crippen molar-refractivity contribution in [3.63, 3.8) is 0 Å². The molecular weight excluding hydrogens is 346 g/mol. The van der Waals surface area contributed by atoms with E-state index in [1.54, 1.807) is 18.4 Å². The number of rotatable bonds is 5. The molecule has 0 N–H and O–H groups in total. The van der Waals surface area contributed by atoms with Gasteiger partial charge in [0.1, 0.15) is 22.0 Å². The smallest absolute Gasteiger partial charge is 0.316 e. The average Bonchev–Trinajstić information content (AvgIpc) is 3.01. The van der Waals surface area contributed by atoms with Crippen LogP contribution >= 0.6 is 23.1 Å². The van der Waals surface area contributed by atoms with E-state index in [2.05, 4.69) is 19.9 Å². The van der Waals surface area contributed by atoms with Gasteiger partial charge in [0.05, 0.1) is 29.7 Å². The van der Waals surface area contributed by atoms with E-state index in [9.17, 15) is 4.79 Å². The van der Waals surface area contributed by atoms with Crippen LogP contribution < -0.4 is 4.74 Å². The minimum absolute atomic E-state index is 0.179. The second-order valence-corrected chi connectivity index (χ2v) is 7.02. The fourth-order valence-electron chi connectivity index (χ4n) is 2.14. The van der Waals surface area contributed by atoms with Crippen molar-refractivity contribution in [3.05, 3.63) is 29.3 Å². The summed E-state index contributed by atoms with van der Waals surface area (Å²) in [6, 6.07) is 7.66. The van der Waals surface area contributed by atoms with E-state index in [4.69, 9.17) is 4.74 Å². The molecule has 24 heavy (non-hydrogen) atoms. The number of nitrogens with zero attached hydrogens (tertiary/aromatic N) is 3. The molecule has 8 heteroatoms. The minimum atomic E-state index is -0.305. The molecule has 0 saturated carbocycles. The summed E-state index contributed by atoms with van der Waals surface area (Å²) in [5.74, 6) is 0.661. The predicted molar refractivity (Wildman–Crippen MR) is 94.7 cm³/mol. The first-order chi connectivity index (χ1) is 11.6. The van der Waals surface area contributed by atoms with Gasteiger partial charge in [-0.2, -0.15) is 0 Å². The Kier molecular flexibility index (Phi) is 4.96. The number of esters is 1. The molecular formula is C16H15N3O3S2. The van der Waals surface area contributed by atoms with Crippen LogP contribution in [0.1, 0.15) is 5.01 Å². The highest BCUT2D eigenvalue weighted by Crippen LogP contribution is 2.35. The number of thiazole rings is 1. The monoisotopic (exact) mass is 361 g/mol. The van der Waals surface area contributed by atoms with Gasteiger partial charge in [0.25, 0.3) is 0 Å². The summed E-state index contributed by atoms with van der Waals surface area (Å²) < 4.78 is 10.8. The van der Waals surface area contributed by atoms with Crippen LogP contribution in [-0.2, 0) is 9.53 Å². The maximum Gasteiger partial charge on any atom is 0.316 e. The van der Waals surface area contributed by atoms with Crippen molar-refractivity contribution in [1.29, 1.82) is 0 Å². The molecule has 3 rings (SSSR count). The van der Waals surface area contributed by atoms with Gasteiger partial charge in [0.2, 0.25) is 0 Å². The molecule has 0 amide bonds. The first-order valence-electron chi connectivity index (χ1n) is 7.10. The molecule has 2 aromatic heterocycles. The Labute approximate surface area is 147 Å². The SMILES string of the molecule is COC(=O)CSc1nnc(-c2ccc(OC)cc2)c2sc(C)nc12. The summed E-state index contributed by atoms with van der Waals surface area (Å²) >= 11 is 2.85. The molecule has 0 radical (unpaired) electrons. The highest BCUT2D eigenvalue weighted by molar-refractivity contribution is 8.00. The van der Waals surface area contributed by atoms with Crippen LogP contribution in [0.5, 0.6) is 5.75 Å². The summed E-state index contributed by atoms with van der Waals surface area (Å²) in [5, 5.41) is 10.2. The molecule has 3 aromatic rings. The number of hydrogen-bond donors (Lipinski definition) is 0. The lowest BCUT2D eigenvalue weighted by Gasteiger charge is -2.05. The number of carbonyl (C=O) groups excluding carboxylic acids is 1. The van der Waals surface area contributed by atoms with E-state index in [-0.39, 0.29) is 11.7 Å². The number of fused-ring (bicyclic) bond motifs is 1. The van der Waals surface area contributed by atoms with E-state index in [0.29, 0.717) is 5.03 Å². The number of hydrogen-bond acceptors (Lipinski definition) is 8. The number of methoxy groups -OCH3 is 2. The maximum atomic E-state index is 11.4. The third-order valence-corrected chi connectivity index (χ3v) is 5.22. The van der Waals surface area contributed by atoms with Crippen LogP contribution in [0.4, 0.5) is 0 Å². The molecule has 0 spiro atoms. The zero-order valence-corrected chi connectivity index (χ0v) is 15.0. The van der Waals surface area contributed by atoms with Crippen LogP contribution in [0.2, 0.25) is 0 Å². The van der Waals surface area contributed by atoms with Gasteiger partial charge in [-0.1, -0.05) is 11.8 Å². The number of benzene rings is 1. The van der Waals surface area contributed by atoms with Crippen LogP contribution in [-0.4, -0.2) is 41.1 Å². The van der Waals surface area contributed by atoms with Crippen LogP contribution in [0.15, 0.2) is 29.3 Å². The third-order valence-electron chi connectivity index (χ3n) is 3.31. The van der Waals surface area contributed by atoms with Crippen molar-refractivity contribution in [3.8, 4) is 17.0 Å². The molecule has 0 fully saturated rings. The van der Waals surface area contributed by atoms with Gasteiger partial charge < -0.3 is 9.47 Å². The molecule has 0 unspecified atom stereocenters. The summed E-state index contributed by atoms with van der Waals surface area (Å²) in [5.41, 5.74) is 2.49.